The quantitative estimate of drug-likeness (QED) is 0.352. The average Bonchev–Trinajstić information content (AvgIpc) is 3.06. The van der Waals surface area contributed by atoms with E-state index in [0.29, 0.717) is 22.6 Å². The van der Waals surface area contributed by atoms with Crippen molar-refractivity contribution in [3.63, 3.8) is 0 Å². The molecule has 9 heteroatoms. The van der Waals surface area contributed by atoms with Gasteiger partial charge in [-0.15, -0.1) is 0 Å². The van der Waals surface area contributed by atoms with Crippen molar-refractivity contribution in [2.45, 2.75) is 20.0 Å². The summed E-state index contributed by atoms with van der Waals surface area (Å²) in [5, 5.41) is 2.59. The number of carbonyl (C=O) groups is 2. The number of nitrogens with zero attached hydrogens (tertiary/aromatic N) is 4. The van der Waals surface area contributed by atoms with Gasteiger partial charge in [0.1, 0.15) is 5.69 Å². The number of amides is 1. The van der Waals surface area contributed by atoms with E-state index in [9.17, 15) is 14.4 Å². The second-order valence-corrected chi connectivity index (χ2v) is 7.62. The topological polar surface area (TPSA) is 108 Å². The van der Waals surface area contributed by atoms with Gasteiger partial charge >= 0.3 is 5.97 Å². The number of ether oxygens (including phenoxy) is 1. The van der Waals surface area contributed by atoms with E-state index in [1.807, 2.05) is 42.5 Å². The first kappa shape index (κ1) is 22.7. The Kier molecular flexibility index (Phi) is 6.35. The Bertz CT molecular complexity index is 1450. The van der Waals surface area contributed by atoms with Crippen LogP contribution in [0.25, 0.3) is 22.8 Å². The standard InChI is InChI=1S/C25H23N5O4/c1-16-23(25(33)30(29(16)3)19-9-5-4-6-10-19)28-24(32)17(2)34-22(31)14-13-18-15-26-20-11-7-8-12-21(20)27-18/h4-15,17H,1-3H3,(H,28,32)/b14-13+. The highest BCUT2D eigenvalue weighted by atomic mass is 16.5. The minimum atomic E-state index is -1.12. The lowest BCUT2D eigenvalue weighted by Crippen LogP contribution is -2.31. The van der Waals surface area contributed by atoms with Gasteiger partial charge in [0.25, 0.3) is 11.5 Å². The molecule has 1 N–H and O–H groups in total. The van der Waals surface area contributed by atoms with E-state index < -0.39 is 18.0 Å². The van der Waals surface area contributed by atoms with E-state index in [4.69, 9.17) is 4.74 Å². The molecule has 1 atom stereocenters. The summed E-state index contributed by atoms with van der Waals surface area (Å²) < 4.78 is 8.30. The zero-order chi connectivity index (χ0) is 24.2. The summed E-state index contributed by atoms with van der Waals surface area (Å²) in [6, 6.07) is 16.5. The summed E-state index contributed by atoms with van der Waals surface area (Å²) in [4.78, 5) is 46.5. The van der Waals surface area contributed by atoms with Crippen molar-refractivity contribution in [1.82, 2.24) is 19.3 Å². The molecule has 0 aliphatic rings. The zero-order valence-corrected chi connectivity index (χ0v) is 18.9. The van der Waals surface area contributed by atoms with Gasteiger partial charge < -0.3 is 10.1 Å². The van der Waals surface area contributed by atoms with Crippen LogP contribution < -0.4 is 10.9 Å². The van der Waals surface area contributed by atoms with Gasteiger partial charge in [-0.05, 0) is 44.2 Å². The van der Waals surface area contributed by atoms with Crippen LogP contribution in [0.15, 0.2) is 71.7 Å². The second kappa shape index (κ2) is 9.53. The molecule has 2 aromatic carbocycles. The van der Waals surface area contributed by atoms with Gasteiger partial charge in [-0.3, -0.25) is 19.3 Å². The third-order valence-electron chi connectivity index (χ3n) is 5.32. The van der Waals surface area contributed by atoms with Crippen LogP contribution in [0.1, 0.15) is 18.3 Å². The van der Waals surface area contributed by atoms with Crippen LogP contribution in [-0.4, -0.2) is 37.3 Å². The molecule has 0 radical (unpaired) electrons. The molecule has 4 rings (SSSR count). The number of esters is 1. The number of para-hydroxylation sites is 3. The number of nitrogens with one attached hydrogen (secondary N) is 1. The molecule has 1 unspecified atom stereocenters. The molecular weight excluding hydrogens is 434 g/mol. The van der Waals surface area contributed by atoms with E-state index in [1.54, 1.807) is 30.8 Å². The molecule has 0 fully saturated rings. The van der Waals surface area contributed by atoms with Crippen LogP contribution in [0, 0.1) is 6.92 Å². The molecule has 0 aliphatic heterocycles. The van der Waals surface area contributed by atoms with Crippen molar-refractivity contribution in [1.29, 1.82) is 0 Å². The molecule has 34 heavy (non-hydrogen) atoms. The zero-order valence-electron chi connectivity index (χ0n) is 18.9. The Labute approximate surface area is 195 Å². The maximum Gasteiger partial charge on any atom is 0.331 e. The smallest absolute Gasteiger partial charge is 0.331 e. The van der Waals surface area contributed by atoms with Gasteiger partial charge in [0, 0.05) is 13.1 Å². The molecule has 2 aromatic heterocycles. The maximum absolute atomic E-state index is 12.9. The number of hydrogen-bond donors (Lipinski definition) is 1. The number of anilines is 1. The summed E-state index contributed by atoms with van der Waals surface area (Å²) in [7, 11) is 1.73. The summed E-state index contributed by atoms with van der Waals surface area (Å²) in [5.74, 6) is -1.33. The van der Waals surface area contributed by atoms with Crippen LogP contribution in [0.2, 0.25) is 0 Å². The van der Waals surface area contributed by atoms with E-state index in [2.05, 4.69) is 15.3 Å². The van der Waals surface area contributed by atoms with Crippen LogP contribution in [0.3, 0.4) is 0 Å². The first-order valence-electron chi connectivity index (χ1n) is 10.6. The SMILES string of the molecule is Cc1c(NC(=O)C(C)OC(=O)/C=C/c2cnc3ccccc3n2)c(=O)n(-c2ccccc2)n1C. The van der Waals surface area contributed by atoms with Crippen molar-refractivity contribution < 1.29 is 14.3 Å². The molecule has 9 nitrogen and oxygen atoms in total. The highest BCUT2D eigenvalue weighted by Gasteiger charge is 2.22. The Morgan fingerprint density at radius 2 is 1.74 bits per heavy atom. The number of benzene rings is 2. The van der Waals surface area contributed by atoms with Gasteiger partial charge in [0.05, 0.1) is 34.3 Å². The highest BCUT2D eigenvalue weighted by Crippen LogP contribution is 2.15. The summed E-state index contributed by atoms with van der Waals surface area (Å²) in [6.07, 6.45) is 3.06. The molecular formula is C25H23N5O4. The van der Waals surface area contributed by atoms with Crippen molar-refractivity contribution in [3.05, 3.63) is 88.6 Å². The number of rotatable bonds is 6. The third kappa shape index (κ3) is 4.63. The maximum atomic E-state index is 12.9. The van der Waals surface area contributed by atoms with E-state index in [1.165, 1.54) is 30.0 Å². The van der Waals surface area contributed by atoms with Crippen LogP contribution in [0.4, 0.5) is 5.69 Å². The summed E-state index contributed by atoms with van der Waals surface area (Å²) in [5.41, 5.74) is 2.90. The molecule has 172 valence electrons. The minimum Gasteiger partial charge on any atom is -0.449 e. The fraction of sp³-hybridized carbons (Fsp3) is 0.160. The van der Waals surface area contributed by atoms with Crippen molar-refractivity contribution >= 4 is 34.7 Å². The Balaban J connectivity index is 1.43. The third-order valence-corrected chi connectivity index (χ3v) is 5.32. The number of carbonyl (C=O) groups excluding carboxylic acids is 2. The number of aromatic nitrogens is 4. The monoisotopic (exact) mass is 457 g/mol. The van der Waals surface area contributed by atoms with Gasteiger partial charge in [-0.2, -0.15) is 0 Å². The normalized spacial score (nSPS) is 12.1. The Morgan fingerprint density at radius 1 is 1.06 bits per heavy atom. The Morgan fingerprint density at radius 3 is 2.47 bits per heavy atom. The molecule has 0 spiro atoms. The molecule has 0 bridgehead atoms. The summed E-state index contributed by atoms with van der Waals surface area (Å²) in [6.45, 7) is 3.16. The fourth-order valence-electron chi connectivity index (χ4n) is 3.41. The molecule has 0 aliphatic carbocycles. The predicted octanol–water partition coefficient (Wildman–Crippen LogP) is 3.01. The molecule has 1 amide bonds. The van der Waals surface area contributed by atoms with Crippen molar-refractivity contribution in [2.75, 3.05) is 5.32 Å². The second-order valence-electron chi connectivity index (χ2n) is 7.62. The van der Waals surface area contributed by atoms with E-state index in [0.717, 1.165) is 5.52 Å². The van der Waals surface area contributed by atoms with Crippen molar-refractivity contribution in [3.8, 4) is 5.69 Å². The molecule has 2 heterocycles. The molecule has 0 saturated carbocycles. The lowest BCUT2D eigenvalue weighted by molar-refractivity contribution is -0.148. The van der Waals surface area contributed by atoms with Crippen LogP contribution >= 0.6 is 0 Å². The largest absolute Gasteiger partial charge is 0.449 e. The lowest BCUT2D eigenvalue weighted by Gasteiger charge is -2.11. The highest BCUT2D eigenvalue weighted by molar-refractivity contribution is 5.97. The number of hydrogen-bond acceptors (Lipinski definition) is 6. The van der Waals surface area contributed by atoms with Crippen LogP contribution in [0.5, 0.6) is 0 Å². The van der Waals surface area contributed by atoms with Gasteiger partial charge in [-0.1, -0.05) is 30.3 Å². The fourth-order valence-corrected chi connectivity index (χ4v) is 3.41. The Hall–Kier alpha value is -4.53. The average molecular weight is 457 g/mol. The predicted molar refractivity (Wildman–Crippen MR) is 129 cm³/mol. The van der Waals surface area contributed by atoms with Gasteiger partial charge in [-0.25, -0.2) is 14.5 Å². The van der Waals surface area contributed by atoms with E-state index in [-0.39, 0.29) is 11.2 Å². The number of fused-ring (bicyclic) bond motifs is 1. The van der Waals surface area contributed by atoms with Gasteiger partial charge in [0.2, 0.25) is 0 Å². The van der Waals surface area contributed by atoms with Gasteiger partial charge in [0.15, 0.2) is 6.10 Å². The lowest BCUT2D eigenvalue weighted by atomic mass is 10.3. The van der Waals surface area contributed by atoms with Crippen LogP contribution in [-0.2, 0) is 21.4 Å². The van der Waals surface area contributed by atoms with Crippen molar-refractivity contribution in [2.24, 2.45) is 7.05 Å². The van der Waals surface area contributed by atoms with E-state index >= 15 is 0 Å². The molecule has 4 aromatic rings. The molecule has 0 saturated heterocycles. The summed E-state index contributed by atoms with van der Waals surface area (Å²) >= 11 is 0. The minimum absolute atomic E-state index is 0.126. The first-order chi connectivity index (χ1) is 16.3. The first-order valence-corrected chi connectivity index (χ1v) is 10.6.